The van der Waals surface area contributed by atoms with Crippen molar-refractivity contribution in [2.24, 2.45) is 0 Å². The molecule has 0 radical (unpaired) electrons. The van der Waals surface area contributed by atoms with Crippen LogP contribution < -0.4 is 9.47 Å². The lowest BCUT2D eigenvalue weighted by molar-refractivity contribution is -0.144. The fourth-order valence-corrected chi connectivity index (χ4v) is 1.73. The summed E-state index contributed by atoms with van der Waals surface area (Å²) in [5, 5.41) is 8.88. The Morgan fingerprint density at radius 2 is 2.44 bits per heavy atom. The van der Waals surface area contributed by atoms with E-state index >= 15 is 0 Å². The Kier molecular flexibility index (Phi) is 3.77. The van der Waals surface area contributed by atoms with Gasteiger partial charge in [0.25, 0.3) is 0 Å². The highest BCUT2D eigenvalue weighted by atomic mass is 35.5. The number of hydrogen-bond acceptors (Lipinski definition) is 3. The van der Waals surface area contributed by atoms with Crippen molar-refractivity contribution >= 4 is 17.6 Å². The van der Waals surface area contributed by atoms with Crippen LogP contribution in [0.3, 0.4) is 0 Å². The number of ether oxygens (including phenoxy) is 2. The topological polar surface area (TPSA) is 55.8 Å². The van der Waals surface area contributed by atoms with Gasteiger partial charge in [-0.15, -0.1) is 0 Å². The molecule has 0 saturated carbocycles. The SMILES string of the molecule is C/C(=C/Cl)COc1ccc2c(c1)OC(C(=O)O)C2. The van der Waals surface area contributed by atoms with Crippen molar-refractivity contribution in [3.63, 3.8) is 0 Å². The Bertz CT molecular complexity index is 496. The first kappa shape index (κ1) is 12.8. The van der Waals surface area contributed by atoms with Crippen LogP contribution in [0.25, 0.3) is 0 Å². The van der Waals surface area contributed by atoms with E-state index in [1.165, 1.54) is 5.54 Å². The molecule has 0 aromatic heterocycles. The van der Waals surface area contributed by atoms with Gasteiger partial charge in [-0.25, -0.2) is 4.79 Å². The number of benzene rings is 1. The average molecular weight is 269 g/mol. The minimum absolute atomic E-state index is 0.393. The van der Waals surface area contributed by atoms with E-state index in [2.05, 4.69) is 0 Å². The van der Waals surface area contributed by atoms with Crippen LogP contribution in [0.1, 0.15) is 12.5 Å². The van der Waals surface area contributed by atoms with E-state index < -0.39 is 12.1 Å². The fourth-order valence-electron chi connectivity index (χ4n) is 1.66. The molecule has 1 aromatic carbocycles. The largest absolute Gasteiger partial charge is 0.489 e. The van der Waals surface area contributed by atoms with Crippen LogP contribution in [0.15, 0.2) is 29.3 Å². The third-order valence-electron chi connectivity index (χ3n) is 2.64. The molecule has 5 heteroatoms. The maximum Gasteiger partial charge on any atom is 0.345 e. The van der Waals surface area contributed by atoms with Crippen LogP contribution >= 0.6 is 11.6 Å². The molecule has 0 fully saturated rings. The van der Waals surface area contributed by atoms with Crippen LogP contribution in [0.2, 0.25) is 0 Å². The first-order valence-electron chi connectivity index (χ1n) is 5.51. The summed E-state index contributed by atoms with van der Waals surface area (Å²) in [6, 6.07) is 5.33. The first-order valence-corrected chi connectivity index (χ1v) is 5.95. The summed E-state index contributed by atoms with van der Waals surface area (Å²) in [7, 11) is 0. The highest BCUT2D eigenvalue weighted by Gasteiger charge is 2.28. The van der Waals surface area contributed by atoms with Gasteiger partial charge in [0, 0.05) is 18.0 Å². The number of carboxylic acids is 1. The van der Waals surface area contributed by atoms with Crippen molar-refractivity contribution < 1.29 is 19.4 Å². The van der Waals surface area contributed by atoms with Crippen molar-refractivity contribution in [1.82, 2.24) is 0 Å². The van der Waals surface area contributed by atoms with Crippen molar-refractivity contribution in [3.8, 4) is 11.5 Å². The molecule has 1 unspecified atom stereocenters. The summed E-state index contributed by atoms with van der Waals surface area (Å²) < 4.78 is 10.8. The molecule has 1 N–H and O–H groups in total. The molecular formula is C13H13ClO4. The zero-order chi connectivity index (χ0) is 13.1. The molecule has 0 bridgehead atoms. The van der Waals surface area contributed by atoms with Crippen LogP contribution in [0.4, 0.5) is 0 Å². The highest BCUT2D eigenvalue weighted by molar-refractivity contribution is 6.25. The lowest BCUT2D eigenvalue weighted by Gasteiger charge is -2.08. The summed E-state index contributed by atoms with van der Waals surface area (Å²) in [6.07, 6.45) is -0.398. The molecule has 1 aromatic rings. The first-order chi connectivity index (χ1) is 8.60. The Balaban J connectivity index is 2.06. The zero-order valence-corrected chi connectivity index (χ0v) is 10.6. The second-order valence-corrected chi connectivity index (χ2v) is 4.38. The van der Waals surface area contributed by atoms with Gasteiger partial charge in [0.1, 0.15) is 18.1 Å². The predicted molar refractivity (Wildman–Crippen MR) is 67.3 cm³/mol. The number of rotatable bonds is 4. The smallest absolute Gasteiger partial charge is 0.345 e. The van der Waals surface area contributed by atoms with Crippen LogP contribution in [-0.4, -0.2) is 23.8 Å². The van der Waals surface area contributed by atoms with Crippen LogP contribution in [0, 0.1) is 0 Å². The molecule has 0 saturated heterocycles. The lowest BCUT2D eigenvalue weighted by Crippen LogP contribution is -2.24. The van der Waals surface area contributed by atoms with Gasteiger partial charge >= 0.3 is 5.97 Å². The third-order valence-corrected chi connectivity index (χ3v) is 3.01. The summed E-state index contributed by atoms with van der Waals surface area (Å²) in [5.74, 6) is 0.264. The highest BCUT2D eigenvalue weighted by Crippen LogP contribution is 2.32. The average Bonchev–Trinajstić information content (AvgIpc) is 2.79. The molecule has 1 aliphatic rings. The summed E-state index contributed by atoms with van der Waals surface area (Å²) in [4.78, 5) is 10.8. The molecule has 4 nitrogen and oxygen atoms in total. The number of fused-ring (bicyclic) bond motifs is 1. The standard InChI is InChI=1S/C13H13ClO4/c1-8(6-14)7-17-10-3-2-9-4-12(13(15)16)18-11(9)5-10/h2-3,5-6,12H,4,7H2,1H3,(H,15,16)/b8-6-. The van der Waals surface area contributed by atoms with Gasteiger partial charge in [-0.2, -0.15) is 0 Å². The zero-order valence-electron chi connectivity index (χ0n) is 9.85. The van der Waals surface area contributed by atoms with Crippen molar-refractivity contribution in [1.29, 1.82) is 0 Å². The van der Waals surface area contributed by atoms with Crippen molar-refractivity contribution in [3.05, 3.63) is 34.9 Å². The van der Waals surface area contributed by atoms with E-state index in [1.807, 2.05) is 13.0 Å². The van der Waals surface area contributed by atoms with Gasteiger partial charge in [-0.1, -0.05) is 17.7 Å². The van der Waals surface area contributed by atoms with E-state index in [4.69, 9.17) is 26.2 Å². The Morgan fingerprint density at radius 3 is 3.11 bits per heavy atom. The molecule has 18 heavy (non-hydrogen) atoms. The number of aliphatic carboxylic acids is 1. The van der Waals surface area contributed by atoms with Crippen molar-refractivity contribution in [2.45, 2.75) is 19.4 Å². The molecule has 96 valence electrons. The number of halogens is 1. The van der Waals surface area contributed by atoms with Crippen molar-refractivity contribution in [2.75, 3.05) is 6.61 Å². The third kappa shape index (κ3) is 2.76. The Hall–Kier alpha value is -1.68. The van der Waals surface area contributed by atoms with Crippen LogP contribution in [0.5, 0.6) is 11.5 Å². The maximum atomic E-state index is 10.8. The van der Waals surface area contributed by atoms with Gasteiger partial charge in [-0.3, -0.25) is 0 Å². The molecule has 1 atom stereocenters. The quantitative estimate of drug-likeness (QED) is 0.912. The normalized spacial score (nSPS) is 18.1. The lowest BCUT2D eigenvalue weighted by atomic mass is 10.1. The van der Waals surface area contributed by atoms with Gasteiger partial charge < -0.3 is 14.6 Å². The minimum Gasteiger partial charge on any atom is -0.489 e. The van der Waals surface area contributed by atoms with Gasteiger partial charge in [-0.05, 0) is 24.1 Å². The van der Waals surface area contributed by atoms with E-state index in [0.29, 0.717) is 24.5 Å². The summed E-state index contributed by atoms with van der Waals surface area (Å²) in [6.45, 7) is 2.25. The summed E-state index contributed by atoms with van der Waals surface area (Å²) in [5.41, 5.74) is 3.26. The monoisotopic (exact) mass is 268 g/mol. The molecule has 0 spiro atoms. The van der Waals surface area contributed by atoms with E-state index in [0.717, 1.165) is 11.1 Å². The van der Waals surface area contributed by atoms with Gasteiger partial charge in [0.15, 0.2) is 6.10 Å². The molecule has 1 heterocycles. The van der Waals surface area contributed by atoms with Gasteiger partial charge in [0.05, 0.1) is 0 Å². The molecule has 0 amide bonds. The number of hydrogen-bond donors (Lipinski definition) is 1. The molecule has 1 aliphatic heterocycles. The fraction of sp³-hybridized carbons (Fsp3) is 0.308. The minimum atomic E-state index is -0.949. The van der Waals surface area contributed by atoms with Gasteiger partial charge in [0.2, 0.25) is 0 Å². The van der Waals surface area contributed by atoms with E-state index in [-0.39, 0.29) is 0 Å². The van der Waals surface area contributed by atoms with Crippen LogP contribution in [-0.2, 0) is 11.2 Å². The number of carboxylic acid groups (broad SMARTS) is 1. The second-order valence-electron chi connectivity index (χ2n) is 4.16. The van der Waals surface area contributed by atoms with E-state index in [1.54, 1.807) is 12.1 Å². The Labute approximate surface area is 110 Å². The molecular weight excluding hydrogens is 256 g/mol. The molecule has 0 aliphatic carbocycles. The summed E-state index contributed by atoms with van der Waals surface area (Å²) >= 11 is 5.53. The maximum absolute atomic E-state index is 10.8. The second kappa shape index (κ2) is 5.31. The molecule has 2 rings (SSSR count). The van der Waals surface area contributed by atoms with E-state index in [9.17, 15) is 4.79 Å². The Morgan fingerprint density at radius 1 is 1.67 bits per heavy atom. The number of carbonyl (C=O) groups is 1. The predicted octanol–water partition coefficient (Wildman–Crippen LogP) is 2.60.